The van der Waals surface area contributed by atoms with Gasteiger partial charge < -0.3 is 19.8 Å². The molecule has 4 heteroatoms. The van der Waals surface area contributed by atoms with Crippen LogP contribution in [0.5, 0.6) is 5.75 Å². The van der Waals surface area contributed by atoms with E-state index in [1.54, 1.807) is 0 Å². The molecule has 2 N–H and O–H groups in total. The standard InChI is InChI=1S/C18H25NO3/c1-18(13-20,14-21)12-19(2)9-10-22-17-8-7-15-5-3-4-6-16(15)11-17/h3-8,11,20-21H,9-10,12-14H2,1-2H3. The summed E-state index contributed by atoms with van der Waals surface area (Å²) in [7, 11) is 1.97. The Kier molecular flexibility index (Phi) is 5.77. The van der Waals surface area contributed by atoms with Crippen molar-refractivity contribution in [2.24, 2.45) is 5.41 Å². The number of aliphatic hydroxyl groups excluding tert-OH is 2. The number of rotatable bonds is 8. The minimum absolute atomic E-state index is 0.0284. The number of fused-ring (bicyclic) bond motifs is 1. The number of aliphatic hydroxyl groups is 2. The highest BCUT2D eigenvalue weighted by Crippen LogP contribution is 2.20. The van der Waals surface area contributed by atoms with Gasteiger partial charge in [0.15, 0.2) is 0 Å². The number of hydrogen-bond donors (Lipinski definition) is 2. The molecule has 0 saturated carbocycles. The van der Waals surface area contributed by atoms with Crippen LogP contribution in [0.2, 0.25) is 0 Å². The Morgan fingerprint density at radius 3 is 2.41 bits per heavy atom. The highest BCUT2D eigenvalue weighted by Gasteiger charge is 2.24. The summed E-state index contributed by atoms with van der Waals surface area (Å²) >= 11 is 0. The predicted octanol–water partition coefficient (Wildman–Crippen LogP) is 2.14. The van der Waals surface area contributed by atoms with Crippen LogP contribution in [0.4, 0.5) is 0 Å². The molecule has 2 rings (SSSR count). The average molecular weight is 303 g/mol. The summed E-state index contributed by atoms with van der Waals surface area (Å²) in [6.07, 6.45) is 0. The molecule has 0 spiro atoms. The van der Waals surface area contributed by atoms with E-state index in [0.29, 0.717) is 13.2 Å². The Labute approximate surface area is 131 Å². The van der Waals surface area contributed by atoms with Gasteiger partial charge in [0.2, 0.25) is 0 Å². The zero-order valence-corrected chi connectivity index (χ0v) is 13.3. The molecular weight excluding hydrogens is 278 g/mol. The fourth-order valence-corrected chi connectivity index (χ4v) is 2.46. The topological polar surface area (TPSA) is 52.9 Å². The highest BCUT2D eigenvalue weighted by atomic mass is 16.5. The monoisotopic (exact) mass is 303 g/mol. The maximum atomic E-state index is 9.32. The molecule has 0 unspecified atom stereocenters. The van der Waals surface area contributed by atoms with Crippen molar-refractivity contribution in [2.45, 2.75) is 6.92 Å². The molecule has 0 atom stereocenters. The molecule has 0 aliphatic rings. The number of benzene rings is 2. The number of likely N-dealkylation sites (N-methyl/N-ethyl adjacent to an activating group) is 1. The van der Waals surface area contributed by atoms with Gasteiger partial charge in [0.25, 0.3) is 0 Å². The minimum Gasteiger partial charge on any atom is -0.492 e. The molecule has 4 nitrogen and oxygen atoms in total. The first-order chi connectivity index (χ1) is 10.6. The number of hydrogen-bond acceptors (Lipinski definition) is 4. The van der Waals surface area contributed by atoms with Gasteiger partial charge in [-0.2, -0.15) is 0 Å². The third-order valence-electron chi connectivity index (χ3n) is 3.88. The van der Waals surface area contributed by atoms with Crippen LogP contribution in [-0.2, 0) is 0 Å². The van der Waals surface area contributed by atoms with E-state index in [1.165, 1.54) is 10.8 Å². The molecule has 2 aromatic rings. The van der Waals surface area contributed by atoms with Crippen molar-refractivity contribution in [1.29, 1.82) is 0 Å². The van der Waals surface area contributed by atoms with Gasteiger partial charge in [-0.05, 0) is 30.0 Å². The normalized spacial score (nSPS) is 12.0. The maximum Gasteiger partial charge on any atom is 0.120 e. The summed E-state index contributed by atoms with van der Waals surface area (Å²) in [6, 6.07) is 14.3. The second kappa shape index (κ2) is 7.58. The summed E-state index contributed by atoms with van der Waals surface area (Å²) in [6.45, 7) is 3.75. The molecule has 0 aliphatic carbocycles. The zero-order chi connectivity index (χ0) is 16.0. The molecule has 0 aromatic heterocycles. The lowest BCUT2D eigenvalue weighted by atomic mass is 9.92. The Morgan fingerprint density at radius 2 is 1.73 bits per heavy atom. The van der Waals surface area contributed by atoms with Crippen LogP contribution in [0.1, 0.15) is 6.92 Å². The zero-order valence-electron chi connectivity index (χ0n) is 13.3. The molecular formula is C18H25NO3. The average Bonchev–Trinajstić information content (AvgIpc) is 2.54. The van der Waals surface area contributed by atoms with Gasteiger partial charge >= 0.3 is 0 Å². The molecule has 0 bridgehead atoms. The Bertz CT molecular complexity index is 596. The maximum absolute atomic E-state index is 9.32. The Balaban J connectivity index is 1.84. The molecule has 0 fully saturated rings. The van der Waals surface area contributed by atoms with Gasteiger partial charge in [-0.1, -0.05) is 37.3 Å². The van der Waals surface area contributed by atoms with Crippen molar-refractivity contribution < 1.29 is 14.9 Å². The summed E-state index contributed by atoms with van der Waals surface area (Å²) < 4.78 is 5.80. The second-order valence-electron chi connectivity index (χ2n) is 6.22. The SMILES string of the molecule is CN(CCOc1ccc2ccccc2c1)CC(C)(CO)CO. The van der Waals surface area contributed by atoms with Gasteiger partial charge in [-0.15, -0.1) is 0 Å². The summed E-state index contributed by atoms with van der Waals surface area (Å²) in [4.78, 5) is 2.06. The Morgan fingerprint density at radius 1 is 1.05 bits per heavy atom. The third-order valence-corrected chi connectivity index (χ3v) is 3.88. The van der Waals surface area contributed by atoms with Gasteiger partial charge in [0, 0.05) is 18.5 Å². The molecule has 120 valence electrons. The fourth-order valence-electron chi connectivity index (χ4n) is 2.46. The fraction of sp³-hybridized carbons (Fsp3) is 0.444. The van der Waals surface area contributed by atoms with Crippen LogP contribution in [0.15, 0.2) is 42.5 Å². The van der Waals surface area contributed by atoms with Crippen LogP contribution in [-0.4, -0.2) is 55.1 Å². The largest absolute Gasteiger partial charge is 0.492 e. The first-order valence-corrected chi connectivity index (χ1v) is 7.58. The van der Waals surface area contributed by atoms with Crippen LogP contribution < -0.4 is 4.74 Å². The molecule has 0 aliphatic heterocycles. The first-order valence-electron chi connectivity index (χ1n) is 7.58. The Hall–Kier alpha value is -1.62. The molecule has 0 radical (unpaired) electrons. The summed E-state index contributed by atoms with van der Waals surface area (Å²) in [5.41, 5.74) is -0.475. The van der Waals surface area contributed by atoms with Crippen LogP contribution in [0, 0.1) is 5.41 Å². The lowest BCUT2D eigenvalue weighted by molar-refractivity contribution is 0.0391. The second-order valence-corrected chi connectivity index (χ2v) is 6.22. The minimum atomic E-state index is -0.475. The van der Waals surface area contributed by atoms with Gasteiger partial charge in [0.1, 0.15) is 12.4 Å². The van der Waals surface area contributed by atoms with Crippen molar-refractivity contribution in [1.82, 2.24) is 4.90 Å². The van der Waals surface area contributed by atoms with E-state index in [9.17, 15) is 10.2 Å². The predicted molar refractivity (Wildman–Crippen MR) is 89.2 cm³/mol. The smallest absolute Gasteiger partial charge is 0.120 e. The molecule has 0 amide bonds. The lowest BCUT2D eigenvalue weighted by Crippen LogP contribution is -2.40. The van der Waals surface area contributed by atoms with Crippen LogP contribution in [0.3, 0.4) is 0 Å². The van der Waals surface area contributed by atoms with E-state index in [2.05, 4.69) is 23.1 Å². The van der Waals surface area contributed by atoms with E-state index in [-0.39, 0.29) is 13.2 Å². The molecule has 0 saturated heterocycles. The van der Waals surface area contributed by atoms with Crippen molar-refractivity contribution >= 4 is 10.8 Å². The van der Waals surface area contributed by atoms with Crippen molar-refractivity contribution in [3.63, 3.8) is 0 Å². The van der Waals surface area contributed by atoms with Gasteiger partial charge in [-0.25, -0.2) is 0 Å². The molecule has 0 heterocycles. The molecule has 2 aromatic carbocycles. The van der Waals surface area contributed by atoms with Crippen LogP contribution in [0.25, 0.3) is 10.8 Å². The third kappa shape index (κ3) is 4.44. The lowest BCUT2D eigenvalue weighted by Gasteiger charge is -2.30. The van der Waals surface area contributed by atoms with Crippen molar-refractivity contribution in [3.05, 3.63) is 42.5 Å². The van der Waals surface area contributed by atoms with E-state index < -0.39 is 5.41 Å². The van der Waals surface area contributed by atoms with Gasteiger partial charge in [0.05, 0.1) is 13.2 Å². The quantitative estimate of drug-likeness (QED) is 0.784. The first kappa shape index (κ1) is 16.7. The summed E-state index contributed by atoms with van der Waals surface area (Å²) in [5.74, 6) is 0.860. The molecule has 22 heavy (non-hydrogen) atoms. The van der Waals surface area contributed by atoms with E-state index in [0.717, 1.165) is 12.3 Å². The number of ether oxygens (including phenoxy) is 1. The van der Waals surface area contributed by atoms with E-state index >= 15 is 0 Å². The highest BCUT2D eigenvalue weighted by molar-refractivity contribution is 5.83. The van der Waals surface area contributed by atoms with Crippen LogP contribution >= 0.6 is 0 Å². The van der Waals surface area contributed by atoms with Crippen molar-refractivity contribution in [2.75, 3.05) is 40.0 Å². The van der Waals surface area contributed by atoms with E-state index in [4.69, 9.17) is 4.74 Å². The van der Waals surface area contributed by atoms with E-state index in [1.807, 2.05) is 38.2 Å². The summed E-state index contributed by atoms with van der Waals surface area (Å²) in [5, 5.41) is 21.0. The van der Waals surface area contributed by atoms with Crippen molar-refractivity contribution in [3.8, 4) is 5.75 Å². The number of nitrogens with zero attached hydrogens (tertiary/aromatic N) is 1. The van der Waals surface area contributed by atoms with Gasteiger partial charge in [-0.3, -0.25) is 0 Å².